The van der Waals surface area contributed by atoms with Crippen LogP contribution in [0.15, 0.2) is 11.8 Å². The van der Waals surface area contributed by atoms with Gasteiger partial charge in [-0.1, -0.05) is 20.8 Å². The van der Waals surface area contributed by atoms with Crippen molar-refractivity contribution in [2.45, 2.75) is 60.2 Å². The zero-order valence-electron chi connectivity index (χ0n) is 12.9. The summed E-state index contributed by atoms with van der Waals surface area (Å²) >= 11 is 0. The normalized spacial score (nSPS) is 13.8. The minimum atomic E-state index is -0.500. The van der Waals surface area contributed by atoms with Gasteiger partial charge in [-0.05, 0) is 44.2 Å². The van der Waals surface area contributed by atoms with Crippen LogP contribution in [-0.4, -0.2) is 18.8 Å². The van der Waals surface area contributed by atoms with Crippen molar-refractivity contribution in [3.8, 4) is 0 Å². The first-order chi connectivity index (χ1) is 8.88. The summed E-state index contributed by atoms with van der Waals surface area (Å²) in [5.41, 5.74) is 6.72. The average molecular weight is 271 g/mol. The van der Waals surface area contributed by atoms with E-state index < -0.39 is 6.29 Å². The molecule has 0 fully saturated rings. The van der Waals surface area contributed by atoms with E-state index in [1.165, 1.54) is 0 Å². The molecule has 112 valence electrons. The molecule has 0 saturated heterocycles. The molecule has 0 aliphatic rings. The Morgan fingerprint density at radius 2 is 1.95 bits per heavy atom. The zero-order chi connectivity index (χ0) is 14.8. The van der Waals surface area contributed by atoms with Gasteiger partial charge in [0.05, 0.1) is 6.26 Å². The highest BCUT2D eigenvalue weighted by atomic mass is 16.7. The van der Waals surface area contributed by atoms with Crippen LogP contribution in [-0.2, 0) is 14.3 Å². The molecule has 0 aromatic heterocycles. The van der Waals surface area contributed by atoms with Gasteiger partial charge in [-0.2, -0.15) is 0 Å². The Morgan fingerprint density at radius 1 is 1.32 bits per heavy atom. The van der Waals surface area contributed by atoms with E-state index in [9.17, 15) is 4.79 Å². The molecule has 4 heteroatoms. The first-order valence-electron chi connectivity index (χ1n) is 7.07. The highest BCUT2D eigenvalue weighted by Gasteiger charge is 2.18. The Morgan fingerprint density at radius 3 is 2.37 bits per heavy atom. The maximum atomic E-state index is 11.8. The van der Waals surface area contributed by atoms with Crippen LogP contribution in [0.2, 0.25) is 0 Å². The van der Waals surface area contributed by atoms with Gasteiger partial charge in [0.15, 0.2) is 0 Å². The van der Waals surface area contributed by atoms with Crippen LogP contribution in [0, 0.1) is 11.8 Å². The molecule has 0 bridgehead atoms. The summed E-state index contributed by atoms with van der Waals surface area (Å²) in [5, 5.41) is 0. The molecule has 0 amide bonds. The molecule has 0 aliphatic carbocycles. The summed E-state index contributed by atoms with van der Waals surface area (Å²) in [6, 6.07) is 0. The predicted molar refractivity (Wildman–Crippen MR) is 77.3 cm³/mol. The van der Waals surface area contributed by atoms with E-state index in [-0.39, 0.29) is 11.9 Å². The Hall–Kier alpha value is -1.03. The lowest BCUT2D eigenvalue weighted by Crippen LogP contribution is -2.25. The standard InChI is InChI=1S/C15H29NO3/c1-6-15(18-10-12(4)5)19-14(17)8-13(9-16)7-11(2)3/h10-11,13,15H,6-9,16H2,1-5H3. The summed E-state index contributed by atoms with van der Waals surface area (Å²) < 4.78 is 10.7. The Balaban J connectivity index is 4.21. The summed E-state index contributed by atoms with van der Waals surface area (Å²) in [4.78, 5) is 11.8. The first kappa shape index (κ1) is 18.0. The van der Waals surface area contributed by atoms with Gasteiger partial charge in [0.25, 0.3) is 0 Å². The largest absolute Gasteiger partial charge is 0.462 e. The Bertz CT molecular complexity index is 283. The van der Waals surface area contributed by atoms with Gasteiger partial charge in [-0.15, -0.1) is 0 Å². The fourth-order valence-electron chi connectivity index (χ4n) is 1.78. The Kier molecular flexibility index (Phi) is 9.31. The lowest BCUT2D eigenvalue weighted by Gasteiger charge is -2.19. The summed E-state index contributed by atoms with van der Waals surface area (Å²) in [6.45, 7) is 10.6. The molecule has 0 saturated carbocycles. The number of nitrogens with two attached hydrogens (primary N) is 1. The summed E-state index contributed by atoms with van der Waals surface area (Å²) in [6.07, 6.45) is 3.06. The topological polar surface area (TPSA) is 61.5 Å². The van der Waals surface area contributed by atoms with Crippen molar-refractivity contribution in [1.82, 2.24) is 0 Å². The van der Waals surface area contributed by atoms with Gasteiger partial charge in [0, 0.05) is 12.8 Å². The van der Waals surface area contributed by atoms with Crippen LogP contribution >= 0.6 is 0 Å². The number of rotatable bonds is 9. The van der Waals surface area contributed by atoms with E-state index in [4.69, 9.17) is 15.2 Å². The molecule has 0 heterocycles. The van der Waals surface area contributed by atoms with Crippen molar-refractivity contribution in [3.63, 3.8) is 0 Å². The number of esters is 1. The lowest BCUT2D eigenvalue weighted by molar-refractivity contribution is -0.170. The fourth-order valence-corrected chi connectivity index (χ4v) is 1.78. The van der Waals surface area contributed by atoms with Crippen LogP contribution in [0.1, 0.15) is 53.9 Å². The molecule has 0 aromatic carbocycles. The van der Waals surface area contributed by atoms with Crippen LogP contribution in [0.3, 0.4) is 0 Å². The van der Waals surface area contributed by atoms with Crippen LogP contribution in [0.5, 0.6) is 0 Å². The van der Waals surface area contributed by atoms with E-state index in [2.05, 4.69) is 13.8 Å². The maximum absolute atomic E-state index is 11.8. The highest BCUT2D eigenvalue weighted by molar-refractivity contribution is 5.69. The van der Waals surface area contributed by atoms with E-state index >= 15 is 0 Å². The number of hydrogen-bond acceptors (Lipinski definition) is 4. The van der Waals surface area contributed by atoms with Crippen LogP contribution in [0.4, 0.5) is 0 Å². The molecule has 0 rings (SSSR count). The second kappa shape index (κ2) is 9.84. The van der Waals surface area contributed by atoms with E-state index in [0.29, 0.717) is 25.3 Å². The van der Waals surface area contributed by atoms with Crippen molar-refractivity contribution in [2.75, 3.05) is 6.54 Å². The number of hydrogen-bond donors (Lipinski definition) is 1. The second-order valence-electron chi connectivity index (χ2n) is 5.59. The number of ether oxygens (including phenoxy) is 2. The van der Waals surface area contributed by atoms with Gasteiger partial charge in [0.1, 0.15) is 0 Å². The van der Waals surface area contributed by atoms with Crippen molar-refractivity contribution in [2.24, 2.45) is 17.6 Å². The van der Waals surface area contributed by atoms with E-state index in [1.54, 1.807) is 6.26 Å². The fraction of sp³-hybridized carbons (Fsp3) is 0.800. The summed E-state index contributed by atoms with van der Waals surface area (Å²) in [7, 11) is 0. The highest BCUT2D eigenvalue weighted by Crippen LogP contribution is 2.16. The van der Waals surface area contributed by atoms with Crippen molar-refractivity contribution in [1.29, 1.82) is 0 Å². The van der Waals surface area contributed by atoms with Gasteiger partial charge in [-0.25, -0.2) is 0 Å². The lowest BCUT2D eigenvalue weighted by atomic mass is 9.94. The van der Waals surface area contributed by atoms with Crippen molar-refractivity contribution < 1.29 is 14.3 Å². The average Bonchev–Trinajstić information content (AvgIpc) is 2.32. The van der Waals surface area contributed by atoms with Crippen molar-refractivity contribution in [3.05, 3.63) is 11.8 Å². The molecular weight excluding hydrogens is 242 g/mol. The van der Waals surface area contributed by atoms with Gasteiger partial charge >= 0.3 is 5.97 Å². The molecule has 2 unspecified atom stereocenters. The van der Waals surface area contributed by atoms with Gasteiger partial charge in [-0.3, -0.25) is 4.79 Å². The minimum absolute atomic E-state index is 0.188. The van der Waals surface area contributed by atoms with Gasteiger partial charge < -0.3 is 15.2 Å². The third-order valence-corrected chi connectivity index (χ3v) is 2.65. The predicted octanol–water partition coefficient (Wildman–Crippen LogP) is 3.22. The smallest absolute Gasteiger partial charge is 0.309 e. The number of carbonyl (C=O) groups excluding carboxylic acids is 1. The van der Waals surface area contributed by atoms with Gasteiger partial charge in [0.2, 0.25) is 6.29 Å². The van der Waals surface area contributed by atoms with Crippen molar-refractivity contribution >= 4 is 5.97 Å². The quantitative estimate of drug-likeness (QED) is 0.397. The SMILES string of the molecule is CCC(OC=C(C)C)OC(=O)CC(CN)CC(C)C. The molecular formula is C15H29NO3. The molecule has 0 spiro atoms. The molecule has 2 N–H and O–H groups in total. The van der Waals surface area contributed by atoms with Crippen LogP contribution < -0.4 is 5.73 Å². The third-order valence-electron chi connectivity index (χ3n) is 2.65. The molecule has 19 heavy (non-hydrogen) atoms. The maximum Gasteiger partial charge on any atom is 0.309 e. The molecule has 2 atom stereocenters. The minimum Gasteiger partial charge on any atom is -0.462 e. The Labute approximate surface area is 117 Å². The number of allylic oxidation sites excluding steroid dienone is 1. The van der Waals surface area contributed by atoms with Crippen LogP contribution in [0.25, 0.3) is 0 Å². The molecule has 4 nitrogen and oxygen atoms in total. The molecule has 0 aliphatic heterocycles. The molecule has 0 radical (unpaired) electrons. The van der Waals surface area contributed by atoms with E-state index in [0.717, 1.165) is 12.0 Å². The third kappa shape index (κ3) is 9.54. The number of carbonyl (C=O) groups is 1. The zero-order valence-corrected chi connectivity index (χ0v) is 12.9. The summed E-state index contributed by atoms with van der Waals surface area (Å²) in [5.74, 6) is 0.490. The first-order valence-corrected chi connectivity index (χ1v) is 7.07. The van der Waals surface area contributed by atoms with E-state index in [1.807, 2.05) is 20.8 Å². The monoisotopic (exact) mass is 271 g/mol. The molecule has 0 aromatic rings. The second-order valence-corrected chi connectivity index (χ2v) is 5.59.